The monoisotopic (exact) mass is 278 g/mol. The summed E-state index contributed by atoms with van der Waals surface area (Å²) in [5.41, 5.74) is 0. The number of alkyl halides is 4. The van der Waals surface area contributed by atoms with Crippen LogP contribution in [-0.4, -0.2) is 9.17 Å². The first-order valence-electron chi connectivity index (χ1n) is 5.16. The van der Waals surface area contributed by atoms with E-state index in [4.69, 9.17) is 46.4 Å². The van der Waals surface area contributed by atoms with Gasteiger partial charge in [-0.25, -0.2) is 0 Å². The molecule has 86 valence electrons. The predicted molar refractivity (Wildman–Crippen MR) is 67.9 cm³/mol. The molecular weight excluding hydrogens is 262 g/mol. The van der Waals surface area contributed by atoms with Gasteiger partial charge in [0.15, 0.2) is 3.79 Å². The van der Waals surface area contributed by atoms with Crippen LogP contribution in [-0.2, 0) is 0 Å². The van der Waals surface area contributed by atoms with Crippen LogP contribution >= 0.6 is 46.4 Å². The zero-order valence-corrected chi connectivity index (χ0v) is 11.6. The molecule has 0 N–H and O–H groups in total. The molecule has 0 fully saturated rings. The maximum absolute atomic E-state index is 6.02. The SMILES string of the molecule is CCCCCCC[C@H](Cl)CC(Cl)(Cl)Cl. The van der Waals surface area contributed by atoms with Gasteiger partial charge in [0.05, 0.1) is 0 Å². The molecule has 0 aromatic rings. The second kappa shape index (κ2) is 8.33. The molecule has 0 aromatic heterocycles. The Balaban J connectivity index is 3.31. The molecule has 4 heteroatoms. The molecule has 0 nitrogen and oxygen atoms in total. The van der Waals surface area contributed by atoms with Crippen LogP contribution in [0.2, 0.25) is 0 Å². The fourth-order valence-electron chi connectivity index (χ4n) is 1.32. The summed E-state index contributed by atoms with van der Waals surface area (Å²) in [6.45, 7) is 2.20. The van der Waals surface area contributed by atoms with Gasteiger partial charge in [-0.3, -0.25) is 0 Å². The van der Waals surface area contributed by atoms with Crippen molar-refractivity contribution >= 4 is 46.4 Å². The second-order valence-corrected chi connectivity index (χ2v) is 6.75. The Labute approximate surface area is 107 Å². The highest BCUT2D eigenvalue weighted by Crippen LogP contribution is 2.34. The molecule has 0 aliphatic carbocycles. The molecule has 0 aromatic carbocycles. The Hall–Kier alpha value is 1.16. The van der Waals surface area contributed by atoms with Crippen LogP contribution in [0.25, 0.3) is 0 Å². The second-order valence-electron chi connectivity index (χ2n) is 3.62. The van der Waals surface area contributed by atoms with Gasteiger partial charge in [-0.1, -0.05) is 73.8 Å². The highest BCUT2D eigenvalue weighted by atomic mass is 35.6. The highest BCUT2D eigenvalue weighted by Gasteiger charge is 2.23. The molecule has 0 spiro atoms. The molecule has 0 unspecified atom stereocenters. The lowest BCUT2D eigenvalue weighted by Crippen LogP contribution is -2.11. The topological polar surface area (TPSA) is 0 Å². The molecule has 0 rings (SSSR count). The van der Waals surface area contributed by atoms with E-state index in [0.717, 1.165) is 12.8 Å². The molecule has 14 heavy (non-hydrogen) atoms. The van der Waals surface area contributed by atoms with Crippen molar-refractivity contribution in [1.29, 1.82) is 0 Å². The van der Waals surface area contributed by atoms with Crippen molar-refractivity contribution in [2.24, 2.45) is 0 Å². The summed E-state index contributed by atoms with van der Waals surface area (Å²) in [5.74, 6) is 0. The molecule has 0 saturated carbocycles. The average Bonchev–Trinajstić information content (AvgIpc) is 2.00. The van der Waals surface area contributed by atoms with Gasteiger partial charge in [0, 0.05) is 11.8 Å². The molecular formula is C10H18Cl4. The minimum absolute atomic E-state index is 0.0101. The van der Waals surface area contributed by atoms with Gasteiger partial charge in [-0.15, -0.1) is 11.6 Å². The molecule has 0 bridgehead atoms. The van der Waals surface area contributed by atoms with E-state index in [1.165, 1.54) is 25.7 Å². The molecule has 0 aliphatic heterocycles. The molecule has 0 saturated heterocycles. The lowest BCUT2D eigenvalue weighted by molar-refractivity contribution is 0.582. The van der Waals surface area contributed by atoms with Crippen LogP contribution in [0.4, 0.5) is 0 Å². The van der Waals surface area contributed by atoms with E-state index in [1.807, 2.05) is 0 Å². The van der Waals surface area contributed by atoms with Crippen molar-refractivity contribution in [1.82, 2.24) is 0 Å². The zero-order valence-electron chi connectivity index (χ0n) is 8.54. The fourth-order valence-corrected chi connectivity index (χ4v) is 2.50. The number of unbranched alkanes of at least 4 members (excludes halogenated alkanes) is 4. The Morgan fingerprint density at radius 3 is 2.07 bits per heavy atom. The van der Waals surface area contributed by atoms with E-state index in [0.29, 0.717) is 6.42 Å². The summed E-state index contributed by atoms with van der Waals surface area (Å²) in [6.07, 6.45) is 7.60. The summed E-state index contributed by atoms with van der Waals surface area (Å²) in [4.78, 5) is 0. The average molecular weight is 280 g/mol. The van der Waals surface area contributed by atoms with Crippen LogP contribution in [0, 0.1) is 0 Å². The zero-order chi connectivity index (χ0) is 11.0. The van der Waals surface area contributed by atoms with Crippen LogP contribution in [0.15, 0.2) is 0 Å². The van der Waals surface area contributed by atoms with E-state index < -0.39 is 3.79 Å². The van der Waals surface area contributed by atoms with Gasteiger partial charge in [-0.05, 0) is 6.42 Å². The van der Waals surface area contributed by atoms with Gasteiger partial charge >= 0.3 is 0 Å². The van der Waals surface area contributed by atoms with Crippen LogP contribution in [0.5, 0.6) is 0 Å². The third-order valence-corrected chi connectivity index (χ3v) is 2.91. The Morgan fingerprint density at radius 2 is 1.57 bits per heavy atom. The Bertz CT molecular complexity index is 131. The predicted octanol–water partition coefficient (Wildman–Crippen LogP) is 5.71. The molecule has 0 heterocycles. The molecule has 0 radical (unpaired) electrons. The smallest absolute Gasteiger partial charge is 0.123 e. The van der Waals surface area contributed by atoms with E-state index in [2.05, 4.69) is 6.92 Å². The quantitative estimate of drug-likeness (QED) is 0.413. The minimum Gasteiger partial charge on any atom is -0.123 e. The van der Waals surface area contributed by atoms with Crippen molar-refractivity contribution in [2.45, 2.75) is 61.0 Å². The van der Waals surface area contributed by atoms with Crippen molar-refractivity contribution in [3.63, 3.8) is 0 Å². The first kappa shape index (κ1) is 15.2. The first-order valence-corrected chi connectivity index (χ1v) is 6.73. The van der Waals surface area contributed by atoms with E-state index in [-0.39, 0.29) is 5.38 Å². The van der Waals surface area contributed by atoms with Crippen LogP contribution in [0.3, 0.4) is 0 Å². The van der Waals surface area contributed by atoms with Crippen molar-refractivity contribution in [3.8, 4) is 0 Å². The minimum atomic E-state index is -1.20. The first-order chi connectivity index (χ1) is 6.45. The lowest BCUT2D eigenvalue weighted by atomic mass is 10.1. The summed E-state index contributed by atoms with van der Waals surface area (Å²) in [7, 11) is 0. The van der Waals surface area contributed by atoms with Crippen molar-refractivity contribution < 1.29 is 0 Å². The van der Waals surface area contributed by atoms with Gasteiger partial charge in [0.1, 0.15) is 0 Å². The van der Waals surface area contributed by atoms with Gasteiger partial charge < -0.3 is 0 Å². The molecule has 0 amide bonds. The van der Waals surface area contributed by atoms with Crippen molar-refractivity contribution in [3.05, 3.63) is 0 Å². The molecule has 0 aliphatic rings. The maximum Gasteiger partial charge on any atom is 0.192 e. The standard InChI is InChI=1S/C10H18Cl4/c1-2-3-4-5-6-7-9(11)8-10(12,13)14/h9H,2-8H2,1H3/t9-/m0/s1. The van der Waals surface area contributed by atoms with Crippen LogP contribution in [0.1, 0.15) is 51.9 Å². The van der Waals surface area contributed by atoms with Crippen molar-refractivity contribution in [2.75, 3.05) is 0 Å². The van der Waals surface area contributed by atoms with Gasteiger partial charge in [0.25, 0.3) is 0 Å². The van der Waals surface area contributed by atoms with E-state index >= 15 is 0 Å². The van der Waals surface area contributed by atoms with Gasteiger partial charge in [-0.2, -0.15) is 0 Å². The number of halogens is 4. The highest BCUT2D eigenvalue weighted by molar-refractivity contribution is 6.67. The summed E-state index contributed by atoms with van der Waals surface area (Å²) in [5, 5.41) is -0.0101. The number of rotatable bonds is 7. The fraction of sp³-hybridized carbons (Fsp3) is 1.00. The maximum atomic E-state index is 6.02. The third kappa shape index (κ3) is 11.2. The van der Waals surface area contributed by atoms with E-state index in [9.17, 15) is 0 Å². The summed E-state index contributed by atoms with van der Waals surface area (Å²) < 4.78 is -1.20. The summed E-state index contributed by atoms with van der Waals surface area (Å²) >= 11 is 22.9. The van der Waals surface area contributed by atoms with Gasteiger partial charge in [0.2, 0.25) is 0 Å². The Kier molecular flexibility index (Phi) is 9.02. The Morgan fingerprint density at radius 1 is 1.00 bits per heavy atom. The lowest BCUT2D eigenvalue weighted by Gasteiger charge is -2.15. The largest absolute Gasteiger partial charge is 0.192 e. The summed E-state index contributed by atoms with van der Waals surface area (Å²) in [6, 6.07) is 0. The van der Waals surface area contributed by atoms with Crippen LogP contribution < -0.4 is 0 Å². The normalized spacial score (nSPS) is 14.4. The third-order valence-electron chi connectivity index (χ3n) is 2.07. The molecule has 1 atom stereocenters. The number of hydrogen-bond donors (Lipinski definition) is 0. The number of hydrogen-bond acceptors (Lipinski definition) is 0. The van der Waals surface area contributed by atoms with E-state index in [1.54, 1.807) is 0 Å².